The first-order valence-electron chi connectivity index (χ1n) is 9.06. The first kappa shape index (κ1) is 18.5. The molecule has 1 aliphatic heterocycles. The summed E-state index contributed by atoms with van der Waals surface area (Å²) in [4.78, 5) is 25.1. The number of methoxy groups -OCH3 is 1. The van der Waals surface area contributed by atoms with Gasteiger partial charge in [0.1, 0.15) is 22.8 Å². The standard InChI is InChI=1S/C24H18O5/c1-15-7-3-4-8-16(15)13-22-23(25)18-12-11-17(14-21(18)29-22)28-24(26)19-9-5-6-10-20(19)27-2/h3-14H,1-2H3/b22-13-. The first-order valence-corrected chi connectivity index (χ1v) is 9.06. The van der Waals surface area contributed by atoms with E-state index < -0.39 is 5.97 Å². The molecule has 0 saturated carbocycles. The lowest BCUT2D eigenvalue weighted by molar-refractivity contribution is 0.0731. The van der Waals surface area contributed by atoms with Gasteiger partial charge in [0.25, 0.3) is 0 Å². The number of hydrogen-bond acceptors (Lipinski definition) is 5. The van der Waals surface area contributed by atoms with Crippen LogP contribution in [0.15, 0.2) is 72.5 Å². The van der Waals surface area contributed by atoms with Gasteiger partial charge in [0.15, 0.2) is 5.76 Å². The van der Waals surface area contributed by atoms with Gasteiger partial charge >= 0.3 is 5.97 Å². The van der Waals surface area contributed by atoms with E-state index in [1.165, 1.54) is 7.11 Å². The van der Waals surface area contributed by atoms with Crippen LogP contribution < -0.4 is 14.2 Å². The van der Waals surface area contributed by atoms with Gasteiger partial charge in [-0.05, 0) is 48.4 Å². The molecule has 0 fully saturated rings. The highest BCUT2D eigenvalue weighted by molar-refractivity contribution is 6.14. The van der Waals surface area contributed by atoms with Crippen molar-refractivity contribution in [2.75, 3.05) is 7.11 Å². The number of allylic oxidation sites excluding steroid dienone is 1. The number of Topliss-reactive ketones (excluding diaryl/α,β-unsaturated/α-hetero) is 1. The molecule has 0 aromatic heterocycles. The fourth-order valence-corrected chi connectivity index (χ4v) is 3.10. The molecule has 3 aromatic rings. The van der Waals surface area contributed by atoms with Crippen molar-refractivity contribution >= 4 is 17.8 Å². The normalized spacial score (nSPS) is 13.7. The minimum absolute atomic E-state index is 0.203. The fourth-order valence-electron chi connectivity index (χ4n) is 3.10. The molecular formula is C24H18O5. The van der Waals surface area contributed by atoms with E-state index in [9.17, 15) is 9.59 Å². The molecule has 1 aliphatic rings. The maximum absolute atomic E-state index is 12.6. The van der Waals surface area contributed by atoms with Crippen molar-refractivity contribution in [3.8, 4) is 17.2 Å². The van der Waals surface area contributed by atoms with Crippen molar-refractivity contribution in [3.05, 3.63) is 94.7 Å². The lowest BCUT2D eigenvalue weighted by Gasteiger charge is -2.08. The number of benzene rings is 3. The predicted molar refractivity (Wildman–Crippen MR) is 109 cm³/mol. The second-order valence-corrected chi connectivity index (χ2v) is 6.54. The average Bonchev–Trinajstić information content (AvgIpc) is 3.04. The Labute approximate surface area is 168 Å². The Balaban J connectivity index is 1.58. The monoisotopic (exact) mass is 386 g/mol. The number of carbonyl (C=O) groups excluding carboxylic acids is 2. The van der Waals surface area contributed by atoms with Crippen LogP contribution in [0.2, 0.25) is 0 Å². The van der Waals surface area contributed by atoms with Crippen LogP contribution in [0.5, 0.6) is 17.2 Å². The Hall–Kier alpha value is -3.86. The number of fused-ring (bicyclic) bond motifs is 1. The zero-order valence-corrected chi connectivity index (χ0v) is 16.0. The van der Waals surface area contributed by atoms with E-state index in [4.69, 9.17) is 14.2 Å². The Morgan fingerprint density at radius 3 is 2.55 bits per heavy atom. The van der Waals surface area contributed by atoms with E-state index in [1.807, 2.05) is 31.2 Å². The van der Waals surface area contributed by atoms with Crippen LogP contribution in [0.3, 0.4) is 0 Å². The molecule has 0 amide bonds. The molecule has 0 spiro atoms. The number of rotatable bonds is 4. The Morgan fingerprint density at radius 1 is 1.00 bits per heavy atom. The van der Waals surface area contributed by atoms with Crippen LogP contribution in [0, 0.1) is 6.92 Å². The Morgan fingerprint density at radius 2 is 1.76 bits per heavy atom. The summed E-state index contributed by atoms with van der Waals surface area (Å²) >= 11 is 0. The van der Waals surface area contributed by atoms with Crippen LogP contribution >= 0.6 is 0 Å². The van der Waals surface area contributed by atoms with Gasteiger partial charge in [-0.3, -0.25) is 4.79 Å². The predicted octanol–water partition coefficient (Wildman–Crippen LogP) is 4.84. The summed E-state index contributed by atoms with van der Waals surface area (Å²) in [5.74, 6) is 0.550. The molecule has 0 aliphatic carbocycles. The number of para-hydroxylation sites is 1. The molecule has 0 atom stereocenters. The summed E-state index contributed by atoms with van der Waals surface area (Å²) in [5.41, 5.74) is 2.69. The van der Waals surface area contributed by atoms with Crippen molar-refractivity contribution in [1.82, 2.24) is 0 Å². The number of carbonyl (C=O) groups is 2. The third-order valence-electron chi connectivity index (χ3n) is 4.65. The van der Waals surface area contributed by atoms with E-state index in [0.29, 0.717) is 22.6 Å². The quantitative estimate of drug-likeness (QED) is 0.365. The summed E-state index contributed by atoms with van der Waals surface area (Å²) < 4.78 is 16.4. The molecule has 144 valence electrons. The molecule has 0 unspecified atom stereocenters. The molecule has 0 radical (unpaired) electrons. The Kier molecular flexibility index (Phi) is 4.87. The third kappa shape index (κ3) is 3.62. The minimum atomic E-state index is -0.553. The van der Waals surface area contributed by atoms with Crippen LogP contribution in [0.25, 0.3) is 6.08 Å². The summed E-state index contributed by atoms with van der Waals surface area (Å²) in [5, 5.41) is 0. The van der Waals surface area contributed by atoms with Gasteiger partial charge in [-0.25, -0.2) is 4.79 Å². The van der Waals surface area contributed by atoms with Crippen molar-refractivity contribution in [3.63, 3.8) is 0 Å². The molecule has 5 heteroatoms. The zero-order chi connectivity index (χ0) is 20.4. The molecule has 5 nitrogen and oxygen atoms in total. The second-order valence-electron chi connectivity index (χ2n) is 6.54. The van der Waals surface area contributed by atoms with Crippen molar-refractivity contribution in [2.45, 2.75) is 6.92 Å². The molecule has 0 N–H and O–H groups in total. The number of aryl methyl sites for hydroxylation is 1. The highest BCUT2D eigenvalue weighted by atomic mass is 16.5. The van der Waals surface area contributed by atoms with Gasteiger partial charge in [0, 0.05) is 6.07 Å². The van der Waals surface area contributed by atoms with Crippen LogP contribution in [0.4, 0.5) is 0 Å². The summed E-state index contributed by atoms with van der Waals surface area (Å²) in [6.45, 7) is 1.97. The van der Waals surface area contributed by atoms with Crippen LogP contribution in [0.1, 0.15) is 31.8 Å². The first-order chi connectivity index (χ1) is 14.1. The van der Waals surface area contributed by atoms with Gasteiger partial charge in [0.2, 0.25) is 5.78 Å². The average molecular weight is 386 g/mol. The number of esters is 1. The van der Waals surface area contributed by atoms with E-state index in [-0.39, 0.29) is 17.3 Å². The number of hydrogen-bond donors (Lipinski definition) is 0. The highest BCUT2D eigenvalue weighted by Gasteiger charge is 2.28. The molecule has 1 heterocycles. The zero-order valence-electron chi connectivity index (χ0n) is 16.0. The molecule has 0 bridgehead atoms. The van der Waals surface area contributed by atoms with Gasteiger partial charge in [0.05, 0.1) is 12.7 Å². The van der Waals surface area contributed by atoms with E-state index in [0.717, 1.165) is 11.1 Å². The minimum Gasteiger partial charge on any atom is -0.496 e. The number of ether oxygens (including phenoxy) is 3. The van der Waals surface area contributed by atoms with Crippen molar-refractivity contribution in [2.24, 2.45) is 0 Å². The second kappa shape index (κ2) is 7.64. The lowest BCUT2D eigenvalue weighted by atomic mass is 10.1. The molecule has 4 rings (SSSR count). The van der Waals surface area contributed by atoms with Crippen LogP contribution in [-0.2, 0) is 0 Å². The summed E-state index contributed by atoms with van der Waals surface area (Å²) in [7, 11) is 1.49. The fraction of sp³-hybridized carbons (Fsp3) is 0.0833. The number of ketones is 1. The molecule has 29 heavy (non-hydrogen) atoms. The maximum Gasteiger partial charge on any atom is 0.347 e. The van der Waals surface area contributed by atoms with E-state index in [1.54, 1.807) is 48.5 Å². The third-order valence-corrected chi connectivity index (χ3v) is 4.65. The SMILES string of the molecule is COc1ccccc1C(=O)Oc1ccc2c(c1)O/C(=C\c1ccccc1C)C2=O. The van der Waals surface area contributed by atoms with Gasteiger partial charge in [-0.1, -0.05) is 36.4 Å². The van der Waals surface area contributed by atoms with Crippen LogP contribution in [-0.4, -0.2) is 18.9 Å². The molecular weight excluding hydrogens is 368 g/mol. The maximum atomic E-state index is 12.6. The summed E-state index contributed by atoms with van der Waals surface area (Å²) in [6.07, 6.45) is 1.72. The van der Waals surface area contributed by atoms with Crippen molar-refractivity contribution in [1.29, 1.82) is 0 Å². The van der Waals surface area contributed by atoms with Gasteiger partial charge in [-0.15, -0.1) is 0 Å². The lowest BCUT2D eigenvalue weighted by Crippen LogP contribution is -2.10. The smallest absolute Gasteiger partial charge is 0.347 e. The highest BCUT2D eigenvalue weighted by Crippen LogP contribution is 2.35. The van der Waals surface area contributed by atoms with Gasteiger partial charge < -0.3 is 14.2 Å². The Bertz CT molecular complexity index is 1140. The largest absolute Gasteiger partial charge is 0.496 e. The molecule has 0 saturated heterocycles. The van der Waals surface area contributed by atoms with E-state index >= 15 is 0 Å². The van der Waals surface area contributed by atoms with Gasteiger partial charge in [-0.2, -0.15) is 0 Å². The summed E-state index contributed by atoms with van der Waals surface area (Å²) in [6, 6.07) is 19.2. The van der Waals surface area contributed by atoms with E-state index in [2.05, 4.69) is 0 Å². The molecule has 3 aromatic carbocycles. The van der Waals surface area contributed by atoms with Crippen molar-refractivity contribution < 1.29 is 23.8 Å². The topological polar surface area (TPSA) is 61.8 Å².